The van der Waals surface area contributed by atoms with Gasteiger partial charge in [-0.15, -0.1) is 0 Å². The molecular weight excluding hydrogens is 370 g/mol. The van der Waals surface area contributed by atoms with E-state index in [0.29, 0.717) is 29.4 Å². The molecular formula is C22H21N3O4. The van der Waals surface area contributed by atoms with Crippen LogP contribution in [0, 0.1) is 0 Å². The van der Waals surface area contributed by atoms with Crippen LogP contribution in [0.3, 0.4) is 0 Å². The first-order valence-electron chi connectivity index (χ1n) is 9.22. The fourth-order valence-electron chi connectivity index (χ4n) is 3.28. The van der Waals surface area contributed by atoms with Gasteiger partial charge < -0.3 is 9.47 Å². The number of esters is 1. The number of imidazole rings is 1. The van der Waals surface area contributed by atoms with E-state index >= 15 is 0 Å². The Bertz CT molecular complexity index is 1140. The van der Waals surface area contributed by atoms with Crippen LogP contribution in [-0.4, -0.2) is 40.7 Å². The maximum absolute atomic E-state index is 12.7. The van der Waals surface area contributed by atoms with Gasteiger partial charge in [0.15, 0.2) is 5.69 Å². The molecule has 0 spiro atoms. The molecule has 0 radical (unpaired) electrons. The van der Waals surface area contributed by atoms with Crippen molar-refractivity contribution in [3.63, 3.8) is 0 Å². The van der Waals surface area contributed by atoms with Crippen LogP contribution in [0.1, 0.15) is 29.9 Å². The number of H-pyrrole nitrogens is 1. The highest BCUT2D eigenvalue weighted by Crippen LogP contribution is 2.27. The molecule has 0 fully saturated rings. The number of nitrogens with zero attached hydrogens (tertiary/aromatic N) is 2. The molecule has 0 bridgehead atoms. The van der Waals surface area contributed by atoms with E-state index in [-0.39, 0.29) is 11.2 Å². The minimum atomic E-state index is -0.610. The summed E-state index contributed by atoms with van der Waals surface area (Å²) in [6, 6.07) is 16.5. The number of aliphatic imine (C=N–C) groups is 1. The molecule has 0 amide bonds. The summed E-state index contributed by atoms with van der Waals surface area (Å²) in [5.41, 5.74) is 2.05. The number of carbonyl (C=O) groups excluding carboxylic acids is 1. The number of hydrogen-bond acceptors (Lipinski definition) is 5. The van der Waals surface area contributed by atoms with E-state index in [1.165, 1.54) is 11.7 Å². The van der Waals surface area contributed by atoms with Crippen molar-refractivity contribution in [2.75, 3.05) is 13.7 Å². The molecule has 0 atom stereocenters. The third-order valence-corrected chi connectivity index (χ3v) is 4.67. The number of methoxy groups -OCH3 is 1. The van der Waals surface area contributed by atoms with Gasteiger partial charge in [-0.1, -0.05) is 30.3 Å². The topological polar surface area (TPSA) is 85.7 Å². The van der Waals surface area contributed by atoms with Crippen LogP contribution in [0.25, 0.3) is 16.9 Å². The molecule has 7 heteroatoms. The number of rotatable bonds is 4. The lowest BCUT2D eigenvalue weighted by molar-refractivity contribution is 0.0595. The summed E-state index contributed by atoms with van der Waals surface area (Å²) in [4.78, 5) is 32.2. The fraction of sp³-hybridized carbons (Fsp3) is 0.227. The maximum Gasteiger partial charge on any atom is 0.356 e. The molecule has 29 heavy (non-hydrogen) atoms. The van der Waals surface area contributed by atoms with Gasteiger partial charge in [-0.05, 0) is 38.1 Å². The Kier molecular flexibility index (Phi) is 4.58. The molecule has 1 aliphatic rings. The van der Waals surface area contributed by atoms with Crippen molar-refractivity contribution in [1.82, 2.24) is 9.55 Å². The van der Waals surface area contributed by atoms with Crippen LogP contribution >= 0.6 is 0 Å². The first kappa shape index (κ1) is 18.7. The minimum Gasteiger partial charge on any atom is -0.475 e. The lowest BCUT2D eigenvalue weighted by Crippen LogP contribution is -2.17. The summed E-state index contributed by atoms with van der Waals surface area (Å²) in [5, 5.41) is 0. The summed E-state index contributed by atoms with van der Waals surface area (Å²) in [5.74, 6) is -0.0228. The minimum absolute atomic E-state index is 0.102. The zero-order valence-corrected chi connectivity index (χ0v) is 16.4. The molecule has 1 N–H and O–H groups in total. The van der Waals surface area contributed by atoms with Crippen LogP contribution in [0.2, 0.25) is 0 Å². The van der Waals surface area contributed by atoms with Crippen molar-refractivity contribution in [3.05, 3.63) is 76.3 Å². The molecule has 0 aliphatic carbocycles. The SMILES string of the molecule is COC(=O)c1[nH]c(=O)n(-c2ccccc2)c1-c1ccc(C2=NC(C)(C)CO2)cc1. The van der Waals surface area contributed by atoms with E-state index in [1.54, 1.807) is 12.1 Å². The van der Waals surface area contributed by atoms with Gasteiger partial charge in [0.05, 0.1) is 24.0 Å². The normalized spacial score (nSPS) is 14.9. The van der Waals surface area contributed by atoms with Crippen LogP contribution in [-0.2, 0) is 9.47 Å². The van der Waals surface area contributed by atoms with Gasteiger partial charge in [-0.3, -0.25) is 9.55 Å². The van der Waals surface area contributed by atoms with Crippen molar-refractivity contribution >= 4 is 11.9 Å². The summed E-state index contributed by atoms with van der Waals surface area (Å²) >= 11 is 0. The molecule has 2 aromatic carbocycles. The predicted molar refractivity (Wildman–Crippen MR) is 110 cm³/mol. The number of para-hydroxylation sites is 1. The second-order valence-electron chi connectivity index (χ2n) is 7.41. The fourth-order valence-corrected chi connectivity index (χ4v) is 3.28. The molecule has 0 unspecified atom stereocenters. The van der Waals surface area contributed by atoms with E-state index in [0.717, 1.165) is 5.56 Å². The van der Waals surface area contributed by atoms with Crippen LogP contribution in [0.5, 0.6) is 0 Å². The average molecular weight is 391 g/mol. The highest BCUT2D eigenvalue weighted by Gasteiger charge is 2.27. The van der Waals surface area contributed by atoms with E-state index in [9.17, 15) is 9.59 Å². The summed E-state index contributed by atoms with van der Waals surface area (Å²) in [6.07, 6.45) is 0. The van der Waals surface area contributed by atoms with Crippen LogP contribution < -0.4 is 5.69 Å². The highest BCUT2D eigenvalue weighted by atomic mass is 16.5. The second-order valence-corrected chi connectivity index (χ2v) is 7.41. The smallest absolute Gasteiger partial charge is 0.356 e. The molecule has 3 aromatic rings. The summed E-state index contributed by atoms with van der Waals surface area (Å²) in [7, 11) is 1.28. The van der Waals surface area contributed by atoms with Crippen molar-refractivity contribution in [3.8, 4) is 16.9 Å². The number of nitrogens with one attached hydrogen (secondary N) is 1. The predicted octanol–water partition coefficient (Wildman–Crippen LogP) is 3.17. The Labute approximate surface area is 167 Å². The summed E-state index contributed by atoms with van der Waals surface area (Å²) in [6.45, 7) is 4.55. The van der Waals surface area contributed by atoms with Gasteiger partial charge in [0.2, 0.25) is 5.90 Å². The molecule has 0 saturated carbocycles. The number of hydrogen-bond donors (Lipinski definition) is 1. The van der Waals surface area contributed by atoms with E-state index < -0.39 is 11.7 Å². The Morgan fingerprint density at radius 1 is 1.10 bits per heavy atom. The van der Waals surface area contributed by atoms with Crippen molar-refractivity contribution < 1.29 is 14.3 Å². The van der Waals surface area contributed by atoms with E-state index in [4.69, 9.17) is 9.47 Å². The molecule has 1 aromatic heterocycles. The molecule has 2 heterocycles. The lowest BCUT2D eigenvalue weighted by atomic mass is 10.1. The van der Waals surface area contributed by atoms with E-state index in [2.05, 4.69) is 9.98 Å². The van der Waals surface area contributed by atoms with Crippen molar-refractivity contribution in [2.24, 2.45) is 4.99 Å². The average Bonchev–Trinajstić information content (AvgIpc) is 3.27. The third-order valence-electron chi connectivity index (χ3n) is 4.67. The second kappa shape index (κ2) is 7.09. The number of aromatic nitrogens is 2. The van der Waals surface area contributed by atoms with Gasteiger partial charge in [0.25, 0.3) is 0 Å². The zero-order valence-electron chi connectivity index (χ0n) is 16.4. The molecule has 7 nitrogen and oxygen atoms in total. The first-order valence-corrected chi connectivity index (χ1v) is 9.22. The number of carbonyl (C=O) groups is 1. The molecule has 4 rings (SSSR count). The summed E-state index contributed by atoms with van der Waals surface area (Å²) < 4.78 is 12.0. The van der Waals surface area contributed by atoms with Crippen LogP contribution in [0.15, 0.2) is 64.4 Å². The van der Waals surface area contributed by atoms with E-state index in [1.807, 2.05) is 56.3 Å². The van der Waals surface area contributed by atoms with Gasteiger partial charge in [-0.2, -0.15) is 0 Å². The molecule has 1 aliphatic heterocycles. The molecule has 148 valence electrons. The molecule has 0 saturated heterocycles. The monoisotopic (exact) mass is 391 g/mol. The number of aromatic amines is 1. The maximum atomic E-state index is 12.7. The zero-order chi connectivity index (χ0) is 20.6. The lowest BCUT2D eigenvalue weighted by Gasteiger charge is -2.10. The Hall–Kier alpha value is -3.61. The quantitative estimate of drug-likeness (QED) is 0.692. The highest BCUT2D eigenvalue weighted by molar-refractivity contribution is 5.97. The third kappa shape index (κ3) is 3.47. The first-order chi connectivity index (χ1) is 13.9. The van der Waals surface area contributed by atoms with Crippen LogP contribution in [0.4, 0.5) is 0 Å². The van der Waals surface area contributed by atoms with Crippen molar-refractivity contribution in [2.45, 2.75) is 19.4 Å². The van der Waals surface area contributed by atoms with Crippen molar-refractivity contribution in [1.29, 1.82) is 0 Å². The van der Waals surface area contributed by atoms with Gasteiger partial charge >= 0.3 is 11.7 Å². The Balaban J connectivity index is 1.84. The number of benzene rings is 2. The number of ether oxygens (including phenoxy) is 2. The largest absolute Gasteiger partial charge is 0.475 e. The van der Waals surface area contributed by atoms with Gasteiger partial charge in [0, 0.05) is 11.1 Å². The van der Waals surface area contributed by atoms with Gasteiger partial charge in [-0.25, -0.2) is 14.6 Å². The Morgan fingerprint density at radius 3 is 2.34 bits per heavy atom. The Morgan fingerprint density at radius 2 is 1.76 bits per heavy atom. The standard InChI is InChI=1S/C22H21N3O4/c1-22(2)13-29-19(24-22)15-11-9-14(10-12-15)18-17(20(26)28-3)23-21(27)25(18)16-7-5-4-6-8-16/h4-12H,13H2,1-3H3,(H,23,27). The van der Waals surface area contributed by atoms with Gasteiger partial charge in [0.1, 0.15) is 6.61 Å².